The molecule has 146 valence electrons. The Bertz CT molecular complexity index is 1020. The summed E-state index contributed by atoms with van der Waals surface area (Å²) in [6, 6.07) is 23.3. The third-order valence-corrected chi connectivity index (χ3v) is 5.22. The molecule has 1 aliphatic carbocycles. The first-order chi connectivity index (χ1) is 14.2. The van der Waals surface area contributed by atoms with E-state index in [2.05, 4.69) is 59.2 Å². The van der Waals surface area contributed by atoms with Crippen molar-refractivity contribution in [2.75, 3.05) is 19.0 Å². The Labute approximate surface area is 169 Å². The van der Waals surface area contributed by atoms with E-state index in [0.29, 0.717) is 17.8 Å². The molecule has 0 aliphatic heterocycles. The Morgan fingerprint density at radius 3 is 2.21 bits per heavy atom. The summed E-state index contributed by atoms with van der Waals surface area (Å²) in [5.41, 5.74) is 6.10. The van der Waals surface area contributed by atoms with E-state index in [0.717, 1.165) is 6.42 Å². The van der Waals surface area contributed by atoms with Gasteiger partial charge >= 0.3 is 12.0 Å². The van der Waals surface area contributed by atoms with Gasteiger partial charge in [0.15, 0.2) is 0 Å². The molecule has 0 fully saturated rings. The molecule has 0 radical (unpaired) electrons. The first kappa shape index (κ1) is 18.7. The first-order valence-electron chi connectivity index (χ1n) is 9.59. The number of hydrogen-bond acceptors (Lipinski definition) is 3. The summed E-state index contributed by atoms with van der Waals surface area (Å²) in [7, 11) is 1.33. The van der Waals surface area contributed by atoms with Gasteiger partial charge in [0, 0.05) is 18.2 Å². The van der Waals surface area contributed by atoms with Gasteiger partial charge in [0.05, 0.1) is 12.7 Å². The van der Waals surface area contributed by atoms with Crippen LogP contribution in [-0.4, -0.2) is 25.7 Å². The van der Waals surface area contributed by atoms with Gasteiger partial charge in [-0.15, -0.1) is 0 Å². The molecule has 2 N–H and O–H groups in total. The van der Waals surface area contributed by atoms with Gasteiger partial charge in [-0.25, -0.2) is 9.59 Å². The maximum absolute atomic E-state index is 12.3. The average molecular weight is 386 g/mol. The van der Waals surface area contributed by atoms with Gasteiger partial charge in [-0.05, 0) is 46.9 Å². The smallest absolute Gasteiger partial charge is 0.337 e. The van der Waals surface area contributed by atoms with Crippen molar-refractivity contribution in [2.24, 2.45) is 0 Å². The molecular weight excluding hydrogens is 364 g/mol. The number of fused-ring (bicyclic) bond motifs is 3. The van der Waals surface area contributed by atoms with Crippen LogP contribution in [0.15, 0.2) is 72.8 Å². The lowest BCUT2D eigenvalue weighted by Crippen LogP contribution is -2.30. The zero-order valence-corrected chi connectivity index (χ0v) is 16.1. The largest absolute Gasteiger partial charge is 0.465 e. The van der Waals surface area contributed by atoms with Gasteiger partial charge in [0.2, 0.25) is 0 Å². The SMILES string of the molecule is COC(=O)c1cccc(NC(=O)NCCC2c3ccccc3-c3ccccc32)c1. The van der Waals surface area contributed by atoms with Crippen molar-refractivity contribution in [3.8, 4) is 11.1 Å². The number of benzene rings is 3. The first-order valence-corrected chi connectivity index (χ1v) is 9.59. The third-order valence-electron chi connectivity index (χ3n) is 5.22. The molecule has 1 aliphatic rings. The molecule has 29 heavy (non-hydrogen) atoms. The lowest BCUT2D eigenvalue weighted by molar-refractivity contribution is 0.0600. The van der Waals surface area contributed by atoms with Crippen LogP contribution < -0.4 is 10.6 Å². The molecule has 0 saturated carbocycles. The number of carbonyl (C=O) groups excluding carboxylic acids is 2. The van der Waals surface area contributed by atoms with E-state index in [1.54, 1.807) is 24.3 Å². The lowest BCUT2D eigenvalue weighted by Gasteiger charge is -2.14. The van der Waals surface area contributed by atoms with E-state index in [9.17, 15) is 9.59 Å². The molecule has 5 nitrogen and oxygen atoms in total. The van der Waals surface area contributed by atoms with Gasteiger partial charge in [0.1, 0.15) is 0 Å². The van der Waals surface area contributed by atoms with Crippen molar-refractivity contribution in [2.45, 2.75) is 12.3 Å². The number of ether oxygens (including phenoxy) is 1. The molecule has 0 heterocycles. The predicted molar refractivity (Wildman–Crippen MR) is 113 cm³/mol. The molecule has 3 aromatic carbocycles. The normalized spacial score (nSPS) is 12.0. The van der Waals surface area contributed by atoms with Gasteiger partial charge in [-0.2, -0.15) is 0 Å². The van der Waals surface area contributed by atoms with Crippen LogP contribution in [-0.2, 0) is 4.74 Å². The molecule has 4 rings (SSSR count). The number of rotatable bonds is 5. The van der Waals surface area contributed by atoms with E-state index < -0.39 is 5.97 Å². The number of anilines is 1. The second kappa shape index (κ2) is 8.19. The van der Waals surface area contributed by atoms with Crippen molar-refractivity contribution >= 4 is 17.7 Å². The molecule has 0 spiro atoms. The van der Waals surface area contributed by atoms with Gasteiger partial charge in [-0.3, -0.25) is 0 Å². The molecule has 0 saturated heterocycles. The van der Waals surface area contributed by atoms with E-state index in [4.69, 9.17) is 4.74 Å². The van der Waals surface area contributed by atoms with Crippen LogP contribution >= 0.6 is 0 Å². The van der Waals surface area contributed by atoms with Crippen LogP contribution in [0.5, 0.6) is 0 Å². The second-order valence-corrected chi connectivity index (χ2v) is 6.97. The monoisotopic (exact) mass is 386 g/mol. The zero-order chi connectivity index (χ0) is 20.2. The molecule has 3 aromatic rings. The summed E-state index contributed by atoms with van der Waals surface area (Å²) in [5, 5.41) is 5.68. The second-order valence-electron chi connectivity index (χ2n) is 6.97. The van der Waals surface area contributed by atoms with E-state index in [1.165, 1.54) is 29.4 Å². The highest BCUT2D eigenvalue weighted by Gasteiger charge is 2.27. The zero-order valence-electron chi connectivity index (χ0n) is 16.1. The van der Waals surface area contributed by atoms with Crippen LogP contribution in [0.25, 0.3) is 11.1 Å². The summed E-state index contributed by atoms with van der Waals surface area (Å²) in [6.45, 7) is 0.538. The summed E-state index contributed by atoms with van der Waals surface area (Å²) in [6.07, 6.45) is 0.809. The predicted octanol–water partition coefficient (Wildman–Crippen LogP) is 4.80. The fraction of sp³-hybridized carbons (Fsp3) is 0.167. The lowest BCUT2D eigenvalue weighted by atomic mass is 9.94. The van der Waals surface area contributed by atoms with Crippen LogP contribution in [0.1, 0.15) is 33.8 Å². The Balaban J connectivity index is 1.38. The molecule has 5 heteroatoms. The van der Waals surface area contributed by atoms with Crippen LogP contribution in [0.2, 0.25) is 0 Å². The summed E-state index contributed by atoms with van der Waals surface area (Å²) >= 11 is 0. The molecular formula is C24H22N2O3. The molecule has 2 amide bonds. The number of esters is 1. The van der Waals surface area contributed by atoms with E-state index >= 15 is 0 Å². The van der Waals surface area contributed by atoms with Crippen molar-refractivity contribution in [1.29, 1.82) is 0 Å². The van der Waals surface area contributed by atoms with Gasteiger partial charge in [-0.1, -0.05) is 54.6 Å². The molecule has 0 aromatic heterocycles. The maximum atomic E-state index is 12.3. The van der Waals surface area contributed by atoms with Crippen molar-refractivity contribution in [1.82, 2.24) is 5.32 Å². The Morgan fingerprint density at radius 1 is 0.897 bits per heavy atom. The fourth-order valence-electron chi connectivity index (χ4n) is 3.92. The van der Waals surface area contributed by atoms with Gasteiger partial charge in [0.25, 0.3) is 0 Å². The summed E-state index contributed by atoms with van der Waals surface area (Å²) < 4.78 is 4.71. The Kier molecular flexibility index (Phi) is 5.29. The Hall–Kier alpha value is -3.60. The minimum atomic E-state index is -0.437. The molecule has 0 atom stereocenters. The third kappa shape index (κ3) is 3.85. The highest BCUT2D eigenvalue weighted by molar-refractivity contribution is 5.93. The standard InChI is InChI=1S/C24H22N2O3/c1-29-23(27)16-7-6-8-17(15-16)26-24(28)25-14-13-22-20-11-4-2-9-18(20)19-10-3-5-12-21(19)22/h2-12,15,22H,13-14H2,1H3,(H2,25,26,28). The summed E-state index contributed by atoms with van der Waals surface area (Å²) in [5.74, 6) is -0.169. The topological polar surface area (TPSA) is 67.4 Å². The van der Waals surface area contributed by atoms with Crippen molar-refractivity contribution in [3.05, 3.63) is 89.5 Å². The minimum absolute atomic E-state index is 0.269. The molecule has 0 unspecified atom stereocenters. The highest BCUT2D eigenvalue weighted by atomic mass is 16.5. The Morgan fingerprint density at radius 2 is 1.55 bits per heavy atom. The maximum Gasteiger partial charge on any atom is 0.337 e. The van der Waals surface area contributed by atoms with Crippen molar-refractivity contribution in [3.63, 3.8) is 0 Å². The number of urea groups is 1. The van der Waals surface area contributed by atoms with Crippen LogP contribution in [0, 0.1) is 0 Å². The quantitative estimate of drug-likeness (QED) is 0.619. The molecule has 0 bridgehead atoms. The number of hydrogen-bond donors (Lipinski definition) is 2. The van der Waals surface area contributed by atoms with Crippen LogP contribution in [0.3, 0.4) is 0 Å². The minimum Gasteiger partial charge on any atom is -0.465 e. The van der Waals surface area contributed by atoms with E-state index in [1.807, 2.05) is 0 Å². The number of methoxy groups -OCH3 is 1. The fourth-order valence-corrected chi connectivity index (χ4v) is 3.92. The number of nitrogens with one attached hydrogen (secondary N) is 2. The van der Waals surface area contributed by atoms with Gasteiger partial charge < -0.3 is 15.4 Å². The highest BCUT2D eigenvalue weighted by Crippen LogP contribution is 2.45. The van der Waals surface area contributed by atoms with Crippen LogP contribution in [0.4, 0.5) is 10.5 Å². The van der Waals surface area contributed by atoms with Crippen molar-refractivity contribution < 1.29 is 14.3 Å². The van der Waals surface area contributed by atoms with E-state index in [-0.39, 0.29) is 11.9 Å². The average Bonchev–Trinajstić information content (AvgIpc) is 3.07. The summed E-state index contributed by atoms with van der Waals surface area (Å²) in [4.78, 5) is 23.9. The number of carbonyl (C=O) groups is 2. The number of amides is 2.